The van der Waals surface area contributed by atoms with Gasteiger partial charge in [-0.1, -0.05) is 6.92 Å². The van der Waals surface area contributed by atoms with E-state index in [1.807, 2.05) is 0 Å². The SMILES string of the molecule is CCNc1nc(N(C)C(C)C2CC2)c2cc(CC)sc2n1. The zero-order valence-corrected chi connectivity index (χ0v) is 14.1. The van der Waals surface area contributed by atoms with Crippen LogP contribution in [0.3, 0.4) is 0 Å². The molecule has 1 atom stereocenters. The Morgan fingerprint density at radius 2 is 2.14 bits per heavy atom. The minimum Gasteiger partial charge on any atom is -0.356 e. The van der Waals surface area contributed by atoms with Crippen molar-refractivity contribution in [2.45, 2.75) is 46.1 Å². The highest BCUT2D eigenvalue weighted by molar-refractivity contribution is 7.18. The number of fused-ring (bicyclic) bond motifs is 1. The standard InChI is InChI=1S/C16H24N4S/c1-5-12-9-13-14(20(4)10(3)11-7-8-11)18-16(17-6-2)19-15(13)21-12/h9-11H,5-8H2,1-4H3,(H,17,18,19). The third kappa shape index (κ3) is 2.84. The van der Waals surface area contributed by atoms with Gasteiger partial charge in [-0.05, 0) is 45.1 Å². The summed E-state index contributed by atoms with van der Waals surface area (Å²) >= 11 is 1.79. The average molecular weight is 304 g/mol. The number of anilines is 2. The third-order valence-corrected chi connectivity index (χ3v) is 5.53. The first kappa shape index (κ1) is 14.6. The normalized spacial score (nSPS) is 16.2. The maximum absolute atomic E-state index is 4.78. The van der Waals surface area contributed by atoms with Crippen LogP contribution in [0, 0.1) is 5.92 Å². The number of hydrogen-bond acceptors (Lipinski definition) is 5. The number of hydrogen-bond donors (Lipinski definition) is 1. The predicted octanol–water partition coefficient (Wildman–Crippen LogP) is 3.92. The maximum atomic E-state index is 4.78. The number of rotatable bonds is 6. The van der Waals surface area contributed by atoms with Crippen molar-refractivity contribution in [1.29, 1.82) is 0 Å². The molecule has 5 heteroatoms. The van der Waals surface area contributed by atoms with Gasteiger partial charge in [-0.3, -0.25) is 0 Å². The van der Waals surface area contributed by atoms with Crippen LogP contribution in [0.2, 0.25) is 0 Å². The van der Waals surface area contributed by atoms with Gasteiger partial charge in [-0.25, -0.2) is 4.98 Å². The molecule has 1 aliphatic carbocycles. The van der Waals surface area contributed by atoms with E-state index in [4.69, 9.17) is 4.98 Å². The second-order valence-corrected chi connectivity index (χ2v) is 6.99. The van der Waals surface area contributed by atoms with E-state index in [0.29, 0.717) is 6.04 Å². The highest BCUT2D eigenvalue weighted by Crippen LogP contribution is 2.38. The Morgan fingerprint density at radius 1 is 1.38 bits per heavy atom. The number of nitrogens with one attached hydrogen (secondary N) is 1. The summed E-state index contributed by atoms with van der Waals surface area (Å²) in [4.78, 5) is 14.3. The van der Waals surface area contributed by atoms with Gasteiger partial charge in [0.2, 0.25) is 5.95 Å². The molecular weight excluding hydrogens is 280 g/mol. The van der Waals surface area contributed by atoms with Crippen LogP contribution in [-0.2, 0) is 6.42 Å². The van der Waals surface area contributed by atoms with Gasteiger partial charge in [0.1, 0.15) is 10.6 Å². The molecule has 2 aromatic rings. The summed E-state index contributed by atoms with van der Waals surface area (Å²) in [5, 5.41) is 4.47. The van der Waals surface area contributed by atoms with Gasteiger partial charge in [0, 0.05) is 24.5 Å². The van der Waals surface area contributed by atoms with Gasteiger partial charge in [-0.15, -0.1) is 11.3 Å². The average Bonchev–Trinajstić information content (AvgIpc) is 3.25. The molecule has 2 heterocycles. The van der Waals surface area contributed by atoms with Crippen LogP contribution in [0.1, 0.15) is 38.5 Å². The molecule has 0 radical (unpaired) electrons. The fourth-order valence-electron chi connectivity index (χ4n) is 2.72. The van der Waals surface area contributed by atoms with Gasteiger partial charge in [0.15, 0.2) is 0 Å². The minimum absolute atomic E-state index is 0.544. The highest BCUT2D eigenvalue weighted by atomic mass is 32.1. The summed E-state index contributed by atoms with van der Waals surface area (Å²) in [5.74, 6) is 2.65. The molecule has 2 aromatic heterocycles. The fourth-order valence-corrected chi connectivity index (χ4v) is 3.69. The Labute approximate surface area is 130 Å². The second-order valence-electron chi connectivity index (χ2n) is 5.88. The molecule has 0 amide bonds. The molecule has 0 saturated heterocycles. The first-order valence-corrected chi connectivity index (χ1v) is 8.72. The molecule has 1 fully saturated rings. The van der Waals surface area contributed by atoms with E-state index < -0.39 is 0 Å². The lowest BCUT2D eigenvalue weighted by Gasteiger charge is -2.26. The monoisotopic (exact) mass is 304 g/mol. The number of aryl methyl sites for hydroxylation is 1. The predicted molar refractivity (Wildman–Crippen MR) is 91.5 cm³/mol. The number of thiophene rings is 1. The fraction of sp³-hybridized carbons (Fsp3) is 0.625. The van der Waals surface area contributed by atoms with Crippen LogP contribution in [-0.4, -0.2) is 29.6 Å². The lowest BCUT2D eigenvalue weighted by molar-refractivity contribution is 0.605. The van der Waals surface area contributed by atoms with E-state index in [1.54, 1.807) is 11.3 Å². The van der Waals surface area contributed by atoms with E-state index >= 15 is 0 Å². The van der Waals surface area contributed by atoms with Crippen LogP contribution in [0.15, 0.2) is 6.07 Å². The molecule has 0 aliphatic heterocycles. The van der Waals surface area contributed by atoms with Crippen molar-refractivity contribution in [3.05, 3.63) is 10.9 Å². The molecule has 0 bridgehead atoms. The van der Waals surface area contributed by atoms with Crippen molar-refractivity contribution < 1.29 is 0 Å². The molecule has 3 rings (SSSR count). The lowest BCUT2D eigenvalue weighted by Crippen LogP contribution is -2.31. The summed E-state index contributed by atoms with van der Waals surface area (Å²) in [5.41, 5.74) is 0. The Morgan fingerprint density at radius 3 is 2.76 bits per heavy atom. The molecule has 4 nitrogen and oxygen atoms in total. The van der Waals surface area contributed by atoms with Crippen molar-refractivity contribution in [3.63, 3.8) is 0 Å². The molecule has 1 N–H and O–H groups in total. The summed E-state index contributed by atoms with van der Waals surface area (Å²) in [6, 6.07) is 2.81. The van der Waals surface area contributed by atoms with E-state index in [-0.39, 0.29) is 0 Å². The third-order valence-electron chi connectivity index (χ3n) is 4.36. The molecule has 0 spiro atoms. The van der Waals surface area contributed by atoms with Crippen molar-refractivity contribution >= 4 is 33.3 Å². The van der Waals surface area contributed by atoms with E-state index in [1.165, 1.54) is 23.1 Å². The quantitative estimate of drug-likeness (QED) is 0.878. The zero-order valence-electron chi connectivity index (χ0n) is 13.3. The first-order chi connectivity index (χ1) is 10.1. The smallest absolute Gasteiger partial charge is 0.226 e. The van der Waals surface area contributed by atoms with Gasteiger partial charge in [0.25, 0.3) is 0 Å². The molecule has 1 unspecified atom stereocenters. The van der Waals surface area contributed by atoms with Gasteiger partial charge in [0.05, 0.1) is 5.39 Å². The Hall–Kier alpha value is -1.36. The van der Waals surface area contributed by atoms with Crippen molar-refractivity contribution in [1.82, 2.24) is 9.97 Å². The minimum atomic E-state index is 0.544. The van der Waals surface area contributed by atoms with Gasteiger partial charge >= 0.3 is 0 Å². The Balaban J connectivity index is 2.06. The molecule has 1 aliphatic rings. The molecule has 1 saturated carbocycles. The summed E-state index contributed by atoms with van der Waals surface area (Å²) in [6.45, 7) is 7.43. The van der Waals surface area contributed by atoms with Crippen molar-refractivity contribution in [3.8, 4) is 0 Å². The zero-order chi connectivity index (χ0) is 15.0. The highest BCUT2D eigenvalue weighted by Gasteiger charge is 2.32. The van der Waals surface area contributed by atoms with Crippen LogP contribution < -0.4 is 10.2 Å². The van der Waals surface area contributed by atoms with E-state index in [0.717, 1.165) is 35.5 Å². The topological polar surface area (TPSA) is 41.1 Å². The van der Waals surface area contributed by atoms with Gasteiger partial charge < -0.3 is 10.2 Å². The summed E-state index contributed by atoms with van der Waals surface area (Å²) < 4.78 is 0. The van der Waals surface area contributed by atoms with Crippen molar-refractivity contribution in [2.75, 3.05) is 23.8 Å². The van der Waals surface area contributed by atoms with Crippen LogP contribution in [0.25, 0.3) is 10.2 Å². The largest absolute Gasteiger partial charge is 0.356 e. The van der Waals surface area contributed by atoms with Crippen LogP contribution >= 0.6 is 11.3 Å². The van der Waals surface area contributed by atoms with Gasteiger partial charge in [-0.2, -0.15) is 4.98 Å². The first-order valence-electron chi connectivity index (χ1n) is 7.91. The summed E-state index contributed by atoms with van der Waals surface area (Å²) in [6.07, 6.45) is 3.76. The Kier molecular flexibility index (Phi) is 4.02. The van der Waals surface area contributed by atoms with E-state index in [9.17, 15) is 0 Å². The van der Waals surface area contributed by atoms with Crippen LogP contribution in [0.5, 0.6) is 0 Å². The Bertz CT molecular complexity index is 632. The number of aromatic nitrogens is 2. The molecular formula is C16H24N4S. The van der Waals surface area contributed by atoms with E-state index in [2.05, 4.69) is 49.1 Å². The summed E-state index contributed by atoms with van der Waals surface area (Å²) in [7, 11) is 2.17. The molecule has 21 heavy (non-hydrogen) atoms. The second kappa shape index (κ2) is 5.79. The van der Waals surface area contributed by atoms with Crippen LogP contribution in [0.4, 0.5) is 11.8 Å². The molecule has 114 valence electrons. The lowest BCUT2D eigenvalue weighted by atomic mass is 10.2. The maximum Gasteiger partial charge on any atom is 0.226 e. The van der Waals surface area contributed by atoms with Crippen molar-refractivity contribution in [2.24, 2.45) is 5.92 Å². The number of nitrogens with zero attached hydrogens (tertiary/aromatic N) is 3. The molecule has 0 aromatic carbocycles.